The van der Waals surface area contributed by atoms with Crippen LogP contribution in [0.1, 0.15) is 36.5 Å². The number of pyridine rings is 1. The van der Waals surface area contributed by atoms with Crippen molar-refractivity contribution in [2.75, 3.05) is 24.6 Å². The first-order valence-corrected chi connectivity index (χ1v) is 13.8. The average molecular weight is 532 g/mol. The van der Waals surface area contributed by atoms with Crippen LogP contribution in [0.5, 0.6) is 0 Å². The molecule has 0 atom stereocenters. The van der Waals surface area contributed by atoms with Gasteiger partial charge in [0.2, 0.25) is 0 Å². The molecular formula is C29H29N3O3S2. The van der Waals surface area contributed by atoms with Crippen LogP contribution in [0.4, 0.5) is 5.82 Å². The molecule has 5 rings (SSSR count). The van der Waals surface area contributed by atoms with E-state index in [4.69, 9.17) is 21.9 Å². The highest BCUT2D eigenvalue weighted by molar-refractivity contribution is 8.26. The van der Waals surface area contributed by atoms with E-state index in [0.717, 1.165) is 27.8 Å². The highest BCUT2D eigenvalue weighted by atomic mass is 32.2. The minimum Gasteiger partial charge on any atom is -0.466 e. The number of hydrogen-bond acceptors (Lipinski definition) is 7. The van der Waals surface area contributed by atoms with Crippen molar-refractivity contribution in [3.8, 4) is 0 Å². The molecule has 0 bridgehead atoms. The Morgan fingerprint density at radius 2 is 1.89 bits per heavy atom. The fourth-order valence-electron chi connectivity index (χ4n) is 4.72. The topological polar surface area (TPSA) is 62.7 Å². The van der Waals surface area contributed by atoms with Crippen molar-refractivity contribution < 1.29 is 14.3 Å². The maximum absolute atomic E-state index is 13.4. The Morgan fingerprint density at radius 1 is 1.16 bits per heavy atom. The van der Waals surface area contributed by atoms with Gasteiger partial charge in [-0.15, -0.1) is 0 Å². The number of thiocarbonyl (C=S) groups is 1. The number of amides is 1. The third-order valence-corrected chi connectivity index (χ3v) is 8.15. The number of anilines is 1. The lowest BCUT2D eigenvalue weighted by molar-refractivity contribution is -0.148. The van der Waals surface area contributed by atoms with E-state index < -0.39 is 0 Å². The van der Waals surface area contributed by atoms with E-state index >= 15 is 0 Å². The highest BCUT2D eigenvalue weighted by Gasteiger charge is 2.33. The molecule has 8 heteroatoms. The molecule has 1 amide bonds. The molecule has 2 saturated heterocycles. The molecule has 3 heterocycles. The number of para-hydroxylation sites is 1. The lowest BCUT2D eigenvalue weighted by atomic mass is 9.96. The predicted molar refractivity (Wildman–Crippen MR) is 153 cm³/mol. The van der Waals surface area contributed by atoms with Gasteiger partial charge in [0.15, 0.2) is 0 Å². The van der Waals surface area contributed by atoms with Gasteiger partial charge in [0, 0.05) is 24.0 Å². The number of benzene rings is 2. The number of carbonyl (C=O) groups is 2. The molecule has 0 radical (unpaired) electrons. The summed E-state index contributed by atoms with van der Waals surface area (Å²) in [5.41, 5.74) is 4.00. The Hall–Kier alpha value is -3.23. The molecular weight excluding hydrogens is 502 g/mol. The molecule has 2 aliphatic heterocycles. The molecule has 2 aliphatic rings. The van der Waals surface area contributed by atoms with E-state index in [2.05, 4.69) is 11.0 Å². The second-order valence-electron chi connectivity index (χ2n) is 9.36. The maximum atomic E-state index is 13.4. The minimum absolute atomic E-state index is 0.0851. The summed E-state index contributed by atoms with van der Waals surface area (Å²) < 4.78 is 5.79. The molecule has 0 aliphatic carbocycles. The maximum Gasteiger partial charge on any atom is 0.309 e. The average Bonchev–Trinajstić information content (AvgIpc) is 3.17. The Kier molecular flexibility index (Phi) is 7.58. The molecule has 0 spiro atoms. The zero-order valence-electron chi connectivity index (χ0n) is 21.0. The van der Waals surface area contributed by atoms with Crippen molar-refractivity contribution in [1.29, 1.82) is 0 Å². The number of piperidine rings is 1. The van der Waals surface area contributed by atoms with Crippen LogP contribution in [0.3, 0.4) is 0 Å². The molecule has 0 saturated carbocycles. The first-order chi connectivity index (χ1) is 17.9. The number of aryl methyl sites for hydroxylation is 1. The van der Waals surface area contributed by atoms with E-state index in [1.54, 1.807) is 4.90 Å². The molecule has 190 valence electrons. The van der Waals surface area contributed by atoms with Gasteiger partial charge in [-0.1, -0.05) is 72.0 Å². The Balaban J connectivity index is 1.43. The van der Waals surface area contributed by atoms with E-state index in [1.165, 1.54) is 17.3 Å². The SMILES string of the molecule is CCOC(=O)C1CCN(c2nc3ccccc3cc2/C=C2\SC(=S)N(Cc3ccc(C)cc3)C2=O)CC1. The van der Waals surface area contributed by atoms with Crippen molar-refractivity contribution in [2.45, 2.75) is 33.2 Å². The number of esters is 1. The summed E-state index contributed by atoms with van der Waals surface area (Å²) in [6.45, 7) is 6.13. The normalized spacial score (nSPS) is 17.7. The number of hydrogen-bond donors (Lipinski definition) is 0. The van der Waals surface area contributed by atoms with Crippen LogP contribution in [0.2, 0.25) is 0 Å². The highest BCUT2D eigenvalue weighted by Crippen LogP contribution is 2.36. The Morgan fingerprint density at radius 3 is 2.62 bits per heavy atom. The fraction of sp³-hybridized carbons (Fsp3) is 0.310. The molecule has 2 fully saturated rings. The molecule has 1 aromatic heterocycles. The van der Waals surface area contributed by atoms with Crippen molar-refractivity contribution in [2.24, 2.45) is 5.92 Å². The molecule has 37 heavy (non-hydrogen) atoms. The molecule has 0 unspecified atom stereocenters. The van der Waals surface area contributed by atoms with Crippen molar-refractivity contribution in [3.63, 3.8) is 0 Å². The van der Waals surface area contributed by atoms with Crippen LogP contribution >= 0.6 is 24.0 Å². The van der Waals surface area contributed by atoms with Gasteiger partial charge < -0.3 is 9.64 Å². The second kappa shape index (κ2) is 11.0. The molecule has 6 nitrogen and oxygen atoms in total. The van der Waals surface area contributed by atoms with Crippen LogP contribution in [0.15, 0.2) is 59.5 Å². The fourth-order valence-corrected chi connectivity index (χ4v) is 5.97. The van der Waals surface area contributed by atoms with E-state index in [-0.39, 0.29) is 17.8 Å². The summed E-state index contributed by atoms with van der Waals surface area (Å²) in [6, 6.07) is 18.2. The largest absolute Gasteiger partial charge is 0.466 e. The van der Waals surface area contributed by atoms with Gasteiger partial charge in [-0.2, -0.15) is 0 Å². The lowest BCUT2D eigenvalue weighted by Crippen LogP contribution is -2.37. The number of rotatable bonds is 6. The quantitative estimate of drug-likeness (QED) is 0.229. The number of thioether (sulfide) groups is 1. The predicted octanol–water partition coefficient (Wildman–Crippen LogP) is 5.72. The van der Waals surface area contributed by atoms with Crippen LogP contribution in [-0.4, -0.2) is 45.8 Å². The summed E-state index contributed by atoms with van der Waals surface area (Å²) >= 11 is 6.92. The Bertz CT molecular complexity index is 1380. The number of aromatic nitrogens is 1. The van der Waals surface area contributed by atoms with E-state index in [9.17, 15) is 9.59 Å². The third-order valence-electron chi connectivity index (χ3n) is 6.77. The van der Waals surface area contributed by atoms with Crippen LogP contribution < -0.4 is 4.90 Å². The Labute approximate surface area is 226 Å². The van der Waals surface area contributed by atoms with Crippen LogP contribution in [-0.2, 0) is 20.9 Å². The van der Waals surface area contributed by atoms with Gasteiger partial charge in [0.05, 0.1) is 29.5 Å². The standard InChI is InChI=1S/C29H29N3O3S2/c1-3-35-28(34)21-12-14-31(15-13-21)26-23(16-22-6-4-5-7-24(22)30-26)17-25-27(33)32(29(36)37-25)18-20-10-8-19(2)9-11-20/h4-11,16-17,21H,3,12-15,18H2,1-2H3/b25-17-. The van der Waals surface area contributed by atoms with Crippen molar-refractivity contribution >= 4 is 63.0 Å². The van der Waals surface area contributed by atoms with E-state index in [0.29, 0.717) is 48.3 Å². The molecule has 0 N–H and O–H groups in total. The van der Waals surface area contributed by atoms with E-state index in [1.807, 2.05) is 68.5 Å². The van der Waals surface area contributed by atoms with Crippen LogP contribution in [0, 0.1) is 12.8 Å². The van der Waals surface area contributed by atoms with Gasteiger partial charge in [-0.3, -0.25) is 14.5 Å². The van der Waals surface area contributed by atoms with Gasteiger partial charge in [-0.25, -0.2) is 4.98 Å². The zero-order valence-corrected chi connectivity index (χ0v) is 22.6. The van der Waals surface area contributed by atoms with Gasteiger partial charge in [-0.05, 0) is 50.5 Å². The summed E-state index contributed by atoms with van der Waals surface area (Å²) in [5, 5.41) is 1.01. The number of ether oxygens (including phenoxy) is 1. The van der Waals surface area contributed by atoms with Crippen molar-refractivity contribution in [3.05, 3.63) is 76.2 Å². The number of nitrogens with zero attached hydrogens (tertiary/aromatic N) is 3. The van der Waals surface area contributed by atoms with Gasteiger partial charge in [0.1, 0.15) is 10.1 Å². The van der Waals surface area contributed by atoms with Crippen LogP contribution in [0.25, 0.3) is 17.0 Å². The third kappa shape index (κ3) is 5.55. The first kappa shape index (κ1) is 25.4. The van der Waals surface area contributed by atoms with Gasteiger partial charge in [0.25, 0.3) is 5.91 Å². The number of carbonyl (C=O) groups excluding carboxylic acids is 2. The zero-order chi connectivity index (χ0) is 25.9. The monoisotopic (exact) mass is 531 g/mol. The summed E-state index contributed by atoms with van der Waals surface area (Å²) in [5.74, 6) is 0.532. The smallest absolute Gasteiger partial charge is 0.309 e. The summed E-state index contributed by atoms with van der Waals surface area (Å²) in [6.07, 6.45) is 3.34. The molecule has 2 aromatic carbocycles. The van der Waals surface area contributed by atoms with Crippen molar-refractivity contribution in [1.82, 2.24) is 9.88 Å². The van der Waals surface area contributed by atoms with Gasteiger partial charge >= 0.3 is 5.97 Å². The minimum atomic E-state index is -0.119. The molecule has 3 aromatic rings. The summed E-state index contributed by atoms with van der Waals surface area (Å²) in [7, 11) is 0. The lowest BCUT2D eigenvalue weighted by Gasteiger charge is -2.32. The second-order valence-corrected chi connectivity index (χ2v) is 11.0. The first-order valence-electron chi connectivity index (χ1n) is 12.5. The number of fused-ring (bicyclic) bond motifs is 1. The summed E-state index contributed by atoms with van der Waals surface area (Å²) in [4.78, 5) is 35.1.